The van der Waals surface area contributed by atoms with Gasteiger partial charge in [-0.25, -0.2) is 9.37 Å². The number of anilines is 1. The van der Waals surface area contributed by atoms with Crippen LogP contribution < -0.4 is 16.1 Å². The first kappa shape index (κ1) is 21.5. The number of carbonyl (C=O) groups is 2. The van der Waals surface area contributed by atoms with E-state index in [-0.39, 0.29) is 24.1 Å². The number of H-pyrrole nitrogens is 1. The summed E-state index contributed by atoms with van der Waals surface area (Å²) in [5.74, 6) is -0.660. The monoisotopic (exact) mass is 436 g/mol. The fraction of sp³-hybridized carbons (Fsp3) is 0.304. The minimum absolute atomic E-state index is 0.0614. The van der Waals surface area contributed by atoms with Crippen LogP contribution in [-0.2, 0) is 9.59 Å². The Morgan fingerprint density at radius 3 is 2.62 bits per heavy atom. The van der Waals surface area contributed by atoms with Crippen molar-refractivity contribution in [3.8, 4) is 0 Å². The van der Waals surface area contributed by atoms with Crippen LogP contribution in [0.4, 0.5) is 10.1 Å². The third-order valence-electron chi connectivity index (χ3n) is 5.79. The summed E-state index contributed by atoms with van der Waals surface area (Å²) in [7, 11) is 0. The van der Waals surface area contributed by atoms with Crippen LogP contribution in [0.5, 0.6) is 0 Å². The lowest BCUT2D eigenvalue weighted by atomic mass is 9.98. The Kier molecular flexibility index (Phi) is 5.89. The van der Waals surface area contributed by atoms with Crippen molar-refractivity contribution in [3.63, 3.8) is 0 Å². The molecule has 4 N–H and O–H groups in total. The number of hydrazone groups is 1. The van der Waals surface area contributed by atoms with E-state index >= 15 is 0 Å². The lowest BCUT2D eigenvalue weighted by Crippen LogP contribution is -2.40. The second-order valence-corrected chi connectivity index (χ2v) is 7.97. The molecule has 0 aliphatic carbocycles. The molecule has 0 spiro atoms. The molecular formula is C23H25FN6O2. The van der Waals surface area contributed by atoms with Gasteiger partial charge in [0.15, 0.2) is 0 Å². The molecule has 0 bridgehead atoms. The van der Waals surface area contributed by atoms with E-state index in [1.54, 1.807) is 0 Å². The van der Waals surface area contributed by atoms with Crippen LogP contribution in [0.3, 0.4) is 0 Å². The predicted octanol–water partition coefficient (Wildman–Crippen LogP) is 3.03. The molecule has 166 valence electrons. The minimum atomic E-state index is -0.825. The zero-order chi connectivity index (χ0) is 22.8. The Morgan fingerprint density at radius 1 is 1.25 bits per heavy atom. The number of primary amides is 1. The number of carbonyl (C=O) groups excluding carboxylic acids is 2. The SMILES string of the molecule is CCC(C)C(NC(=O)C1=NN(c2ccc(F)cc2)C(C(N)=O)C1)c1nc2ccccc2[nH]1. The molecule has 3 atom stereocenters. The Labute approximate surface area is 184 Å². The van der Waals surface area contributed by atoms with Gasteiger partial charge >= 0.3 is 0 Å². The van der Waals surface area contributed by atoms with Crippen molar-refractivity contribution >= 4 is 34.2 Å². The second kappa shape index (κ2) is 8.78. The van der Waals surface area contributed by atoms with E-state index in [9.17, 15) is 14.0 Å². The zero-order valence-electron chi connectivity index (χ0n) is 17.9. The van der Waals surface area contributed by atoms with E-state index in [0.717, 1.165) is 17.5 Å². The van der Waals surface area contributed by atoms with Crippen molar-refractivity contribution < 1.29 is 14.0 Å². The maximum atomic E-state index is 13.3. The number of imidazole rings is 1. The lowest BCUT2D eigenvalue weighted by Gasteiger charge is -2.22. The number of aromatic amines is 1. The van der Waals surface area contributed by atoms with Crippen LogP contribution in [0.25, 0.3) is 11.0 Å². The smallest absolute Gasteiger partial charge is 0.268 e. The number of halogens is 1. The highest BCUT2D eigenvalue weighted by Gasteiger charge is 2.36. The van der Waals surface area contributed by atoms with E-state index in [1.807, 2.05) is 38.1 Å². The zero-order valence-corrected chi connectivity index (χ0v) is 17.9. The van der Waals surface area contributed by atoms with E-state index in [1.165, 1.54) is 29.3 Å². The Morgan fingerprint density at radius 2 is 1.97 bits per heavy atom. The molecule has 32 heavy (non-hydrogen) atoms. The van der Waals surface area contributed by atoms with Crippen molar-refractivity contribution in [2.75, 3.05) is 5.01 Å². The van der Waals surface area contributed by atoms with Crippen LogP contribution in [0.15, 0.2) is 53.6 Å². The number of benzene rings is 2. The highest BCUT2D eigenvalue weighted by molar-refractivity contribution is 6.40. The number of nitrogens with zero attached hydrogens (tertiary/aromatic N) is 3. The van der Waals surface area contributed by atoms with Crippen molar-refractivity contribution in [1.29, 1.82) is 0 Å². The highest BCUT2D eigenvalue weighted by Crippen LogP contribution is 2.27. The number of rotatable bonds is 7. The first-order valence-electron chi connectivity index (χ1n) is 10.5. The van der Waals surface area contributed by atoms with Gasteiger partial charge in [0.25, 0.3) is 5.91 Å². The number of hydrogen-bond donors (Lipinski definition) is 3. The summed E-state index contributed by atoms with van der Waals surface area (Å²) in [6, 6.07) is 12.0. The standard InChI is InChI=1S/C23H25FN6O2/c1-3-13(2)20(22-26-16-6-4-5-7-17(16)27-22)28-23(32)18-12-19(21(25)31)30(29-18)15-10-8-14(24)9-11-15/h4-11,13,19-20H,3,12H2,1-2H3,(H2,25,31)(H,26,27)(H,28,32). The number of amides is 2. The van der Waals surface area contributed by atoms with Crippen molar-refractivity contribution in [3.05, 3.63) is 60.2 Å². The van der Waals surface area contributed by atoms with Crippen LogP contribution in [0.1, 0.15) is 38.6 Å². The molecule has 2 heterocycles. The Balaban J connectivity index is 1.60. The van der Waals surface area contributed by atoms with Gasteiger partial charge in [-0.2, -0.15) is 5.10 Å². The second-order valence-electron chi connectivity index (χ2n) is 7.97. The number of nitrogens with one attached hydrogen (secondary N) is 2. The molecule has 4 rings (SSSR count). The quantitative estimate of drug-likeness (QED) is 0.528. The average molecular weight is 436 g/mol. The van der Waals surface area contributed by atoms with Crippen LogP contribution in [-0.4, -0.2) is 33.5 Å². The largest absolute Gasteiger partial charge is 0.368 e. The molecule has 1 aliphatic rings. The molecule has 2 aromatic carbocycles. The predicted molar refractivity (Wildman–Crippen MR) is 120 cm³/mol. The summed E-state index contributed by atoms with van der Waals surface area (Å²) in [5, 5.41) is 8.75. The fourth-order valence-electron chi connectivity index (χ4n) is 3.76. The van der Waals surface area contributed by atoms with E-state index in [2.05, 4.69) is 20.4 Å². The van der Waals surface area contributed by atoms with Gasteiger partial charge in [-0.3, -0.25) is 14.6 Å². The summed E-state index contributed by atoms with van der Waals surface area (Å²) < 4.78 is 13.3. The van der Waals surface area contributed by atoms with E-state index in [4.69, 9.17) is 5.73 Å². The van der Waals surface area contributed by atoms with Crippen LogP contribution in [0.2, 0.25) is 0 Å². The Bertz CT molecular complexity index is 1140. The first-order valence-corrected chi connectivity index (χ1v) is 10.5. The van der Waals surface area contributed by atoms with Crippen LogP contribution >= 0.6 is 0 Å². The summed E-state index contributed by atoms with van der Waals surface area (Å²) >= 11 is 0. The summed E-state index contributed by atoms with van der Waals surface area (Å²) in [6.45, 7) is 4.07. The van der Waals surface area contributed by atoms with Crippen molar-refractivity contribution in [1.82, 2.24) is 15.3 Å². The summed E-state index contributed by atoms with van der Waals surface area (Å²) in [5.41, 5.74) is 7.92. The number of nitrogens with two attached hydrogens (primary N) is 1. The van der Waals surface area contributed by atoms with E-state index < -0.39 is 23.7 Å². The molecule has 0 saturated carbocycles. The molecule has 0 radical (unpaired) electrons. The minimum Gasteiger partial charge on any atom is -0.368 e. The molecule has 2 amide bonds. The molecule has 0 fully saturated rings. The number of aromatic nitrogens is 2. The number of para-hydroxylation sites is 2. The topological polar surface area (TPSA) is 116 Å². The van der Waals surface area contributed by atoms with Gasteiger partial charge in [-0.1, -0.05) is 32.4 Å². The van der Waals surface area contributed by atoms with Crippen LogP contribution in [0, 0.1) is 11.7 Å². The maximum absolute atomic E-state index is 13.3. The third-order valence-corrected chi connectivity index (χ3v) is 5.79. The highest BCUT2D eigenvalue weighted by atomic mass is 19.1. The molecular weight excluding hydrogens is 411 g/mol. The third kappa shape index (κ3) is 4.18. The number of hydrogen-bond acceptors (Lipinski definition) is 5. The average Bonchev–Trinajstić information content (AvgIpc) is 3.42. The van der Waals surface area contributed by atoms with Gasteiger partial charge in [-0.15, -0.1) is 0 Å². The molecule has 3 unspecified atom stereocenters. The van der Waals surface area contributed by atoms with Crippen molar-refractivity contribution in [2.45, 2.75) is 38.8 Å². The van der Waals surface area contributed by atoms with Crippen molar-refractivity contribution in [2.24, 2.45) is 16.8 Å². The van der Waals surface area contributed by atoms with Gasteiger partial charge in [0.05, 0.1) is 22.8 Å². The first-order chi connectivity index (χ1) is 15.4. The molecule has 9 heteroatoms. The maximum Gasteiger partial charge on any atom is 0.268 e. The molecule has 1 aromatic heterocycles. The van der Waals surface area contributed by atoms with Gasteiger partial charge < -0.3 is 16.0 Å². The summed E-state index contributed by atoms with van der Waals surface area (Å²) in [4.78, 5) is 33.1. The van der Waals surface area contributed by atoms with Gasteiger partial charge in [0.2, 0.25) is 5.91 Å². The van der Waals surface area contributed by atoms with Gasteiger partial charge in [0, 0.05) is 6.42 Å². The molecule has 3 aromatic rings. The molecule has 0 saturated heterocycles. The molecule has 8 nitrogen and oxygen atoms in total. The van der Waals surface area contributed by atoms with E-state index in [0.29, 0.717) is 11.5 Å². The van der Waals surface area contributed by atoms with Gasteiger partial charge in [-0.05, 0) is 42.3 Å². The summed E-state index contributed by atoms with van der Waals surface area (Å²) in [6.07, 6.45) is 0.881. The Hall–Kier alpha value is -3.75. The molecule has 1 aliphatic heterocycles. The number of fused-ring (bicyclic) bond motifs is 1. The fourth-order valence-corrected chi connectivity index (χ4v) is 3.76. The van der Waals surface area contributed by atoms with Gasteiger partial charge in [0.1, 0.15) is 23.4 Å². The lowest BCUT2D eigenvalue weighted by molar-refractivity contribution is -0.119. The normalized spacial score (nSPS) is 17.8.